The number of fused-ring (bicyclic) bond motifs is 3. The predicted molar refractivity (Wildman–Crippen MR) is 152 cm³/mol. The second-order valence-electron chi connectivity index (χ2n) is 10.4. The van der Waals surface area contributed by atoms with E-state index in [1.165, 1.54) is 0 Å². The van der Waals surface area contributed by atoms with Crippen molar-refractivity contribution in [1.82, 2.24) is 24.7 Å². The van der Waals surface area contributed by atoms with Crippen molar-refractivity contribution in [3.63, 3.8) is 0 Å². The first-order valence-electron chi connectivity index (χ1n) is 13.7. The van der Waals surface area contributed by atoms with Gasteiger partial charge in [0.05, 0.1) is 48.9 Å². The van der Waals surface area contributed by atoms with Crippen LogP contribution < -0.4 is 20.4 Å². The zero-order valence-electron chi connectivity index (χ0n) is 22.3. The molecule has 206 valence electrons. The minimum Gasteiger partial charge on any atom is -0.378 e. The van der Waals surface area contributed by atoms with Crippen LogP contribution in [0.15, 0.2) is 48.8 Å². The predicted octanol–water partition coefficient (Wildman–Crippen LogP) is 3.27. The number of aromatic nitrogens is 5. The van der Waals surface area contributed by atoms with Crippen LogP contribution in [0.25, 0.3) is 22.4 Å². The molecule has 3 aliphatic heterocycles. The Labute approximate surface area is 231 Å². The van der Waals surface area contributed by atoms with E-state index in [1.54, 1.807) is 10.9 Å². The Morgan fingerprint density at radius 3 is 2.35 bits per heavy atom. The van der Waals surface area contributed by atoms with Gasteiger partial charge in [-0.1, -0.05) is 0 Å². The van der Waals surface area contributed by atoms with Gasteiger partial charge >= 0.3 is 6.03 Å². The third-order valence-electron chi connectivity index (χ3n) is 7.66. The number of nitrogens with zero attached hydrogens (tertiary/aromatic N) is 7. The molecule has 3 saturated heterocycles. The second-order valence-corrected chi connectivity index (χ2v) is 10.4. The quantitative estimate of drug-likeness (QED) is 0.392. The maximum atomic E-state index is 12.6. The summed E-state index contributed by atoms with van der Waals surface area (Å²) in [5.41, 5.74) is 2.92. The molecule has 2 unspecified atom stereocenters. The number of carbonyl (C=O) groups excluding carboxylic acids is 1. The second kappa shape index (κ2) is 10.4. The molecule has 1 aromatic carbocycles. The molecule has 40 heavy (non-hydrogen) atoms. The first-order valence-corrected chi connectivity index (χ1v) is 13.7. The van der Waals surface area contributed by atoms with Crippen LogP contribution in [0, 0.1) is 0 Å². The molecular formula is C28H31N9O3. The number of aryl methyl sites for hydroxylation is 1. The molecule has 0 aliphatic carbocycles. The smallest absolute Gasteiger partial charge is 0.323 e. The number of ether oxygens (including phenoxy) is 2. The lowest BCUT2D eigenvalue weighted by molar-refractivity contribution is 0.0303. The van der Waals surface area contributed by atoms with Crippen LogP contribution >= 0.6 is 0 Å². The number of morpholine rings is 2. The summed E-state index contributed by atoms with van der Waals surface area (Å²) in [6.45, 7) is 4.66. The summed E-state index contributed by atoms with van der Waals surface area (Å²) in [5, 5.41) is 11.1. The fourth-order valence-corrected chi connectivity index (χ4v) is 5.60. The van der Waals surface area contributed by atoms with Crippen molar-refractivity contribution >= 4 is 40.1 Å². The van der Waals surface area contributed by atoms with Gasteiger partial charge in [-0.2, -0.15) is 5.10 Å². The summed E-state index contributed by atoms with van der Waals surface area (Å²) in [6.07, 6.45) is 6.18. The highest BCUT2D eigenvalue weighted by Gasteiger charge is 2.35. The first-order chi connectivity index (χ1) is 19.6. The highest BCUT2D eigenvalue weighted by molar-refractivity contribution is 5.99. The van der Waals surface area contributed by atoms with Gasteiger partial charge in [0.25, 0.3) is 0 Å². The van der Waals surface area contributed by atoms with Gasteiger partial charge in [-0.05, 0) is 49.2 Å². The summed E-state index contributed by atoms with van der Waals surface area (Å²) < 4.78 is 13.2. The molecule has 4 aromatic rings. The van der Waals surface area contributed by atoms with Crippen molar-refractivity contribution in [3.8, 4) is 11.4 Å². The molecule has 3 aromatic heterocycles. The van der Waals surface area contributed by atoms with Gasteiger partial charge < -0.3 is 29.9 Å². The molecular weight excluding hydrogens is 510 g/mol. The highest BCUT2D eigenvalue weighted by Crippen LogP contribution is 2.33. The molecule has 6 heterocycles. The van der Waals surface area contributed by atoms with Crippen molar-refractivity contribution < 1.29 is 14.3 Å². The maximum absolute atomic E-state index is 12.6. The Morgan fingerprint density at radius 1 is 0.900 bits per heavy atom. The molecule has 2 amide bonds. The minimum atomic E-state index is -0.342. The van der Waals surface area contributed by atoms with Crippen LogP contribution in [0.4, 0.5) is 27.8 Å². The highest BCUT2D eigenvalue weighted by atomic mass is 16.5. The van der Waals surface area contributed by atoms with Crippen LogP contribution in [0.3, 0.4) is 0 Å². The Balaban J connectivity index is 1.05. The van der Waals surface area contributed by atoms with Crippen LogP contribution in [-0.2, 0) is 16.5 Å². The van der Waals surface area contributed by atoms with Crippen LogP contribution in [0.5, 0.6) is 0 Å². The topological polar surface area (TPSA) is 123 Å². The monoisotopic (exact) mass is 541 g/mol. The number of benzene rings is 1. The summed E-state index contributed by atoms with van der Waals surface area (Å²) in [6, 6.07) is 10.9. The molecule has 12 heteroatoms. The van der Waals surface area contributed by atoms with Crippen molar-refractivity contribution in [2.45, 2.75) is 25.0 Å². The van der Waals surface area contributed by atoms with Crippen LogP contribution in [-0.4, -0.2) is 82.4 Å². The Kier molecular flexibility index (Phi) is 6.40. The Hall–Kier alpha value is -4.29. The van der Waals surface area contributed by atoms with Gasteiger partial charge in [0.2, 0.25) is 0 Å². The van der Waals surface area contributed by atoms with Gasteiger partial charge in [0.1, 0.15) is 11.6 Å². The molecule has 7 rings (SSSR count). The van der Waals surface area contributed by atoms with Crippen molar-refractivity contribution in [2.24, 2.45) is 7.05 Å². The number of anilines is 4. The van der Waals surface area contributed by atoms with Crippen molar-refractivity contribution in [1.29, 1.82) is 0 Å². The molecule has 12 nitrogen and oxygen atoms in total. The zero-order chi connectivity index (χ0) is 27.1. The Morgan fingerprint density at radius 2 is 1.62 bits per heavy atom. The number of urea groups is 1. The van der Waals surface area contributed by atoms with Gasteiger partial charge in [0, 0.05) is 44.5 Å². The SMILES string of the molecule is Cn1ncc2c(N3CC4CCC(C3)O4)nc(-c3ccc(NC(=O)Nc4ccc(N5CCOCC5)nc4)cc3)nc21. The largest absolute Gasteiger partial charge is 0.378 e. The van der Waals surface area contributed by atoms with E-state index in [1.807, 2.05) is 49.6 Å². The molecule has 0 radical (unpaired) electrons. The maximum Gasteiger partial charge on any atom is 0.323 e. The summed E-state index contributed by atoms with van der Waals surface area (Å²) in [4.78, 5) is 31.4. The number of hydrogen-bond acceptors (Lipinski definition) is 9. The van der Waals surface area contributed by atoms with E-state index in [-0.39, 0.29) is 18.2 Å². The third kappa shape index (κ3) is 4.91. The Bertz CT molecular complexity index is 1500. The van der Waals surface area contributed by atoms with E-state index in [0.717, 1.165) is 67.3 Å². The van der Waals surface area contributed by atoms with E-state index in [4.69, 9.17) is 19.4 Å². The van der Waals surface area contributed by atoms with Gasteiger partial charge in [-0.25, -0.2) is 19.7 Å². The molecule has 0 spiro atoms. The summed E-state index contributed by atoms with van der Waals surface area (Å²) in [7, 11) is 1.89. The molecule has 2 bridgehead atoms. The number of rotatable bonds is 5. The average molecular weight is 542 g/mol. The third-order valence-corrected chi connectivity index (χ3v) is 7.66. The fourth-order valence-electron chi connectivity index (χ4n) is 5.60. The average Bonchev–Trinajstić information content (AvgIpc) is 3.54. The normalized spacial score (nSPS) is 20.6. The first kappa shape index (κ1) is 24.7. The number of hydrogen-bond donors (Lipinski definition) is 2. The van der Waals surface area contributed by atoms with Gasteiger partial charge in [-0.3, -0.25) is 4.68 Å². The summed E-state index contributed by atoms with van der Waals surface area (Å²) >= 11 is 0. The molecule has 2 atom stereocenters. The molecule has 0 saturated carbocycles. The van der Waals surface area contributed by atoms with E-state index in [2.05, 4.69) is 30.5 Å². The van der Waals surface area contributed by atoms with E-state index < -0.39 is 0 Å². The standard InChI is InChI=1S/C28H31N9O3/c1-35-26-23(15-30-35)27(37-16-21-7-8-22(17-37)40-21)34-25(33-26)18-2-4-19(5-3-18)31-28(38)32-20-6-9-24(29-14-20)36-10-12-39-13-11-36/h2-6,9,14-15,21-22H,7-8,10-13,16-17H2,1H3,(H2,31,32,38). The van der Waals surface area contributed by atoms with Crippen LogP contribution in [0.2, 0.25) is 0 Å². The van der Waals surface area contributed by atoms with Crippen molar-refractivity contribution in [2.75, 3.05) is 59.8 Å². The lowest BCUT2D eigenvalue weighted by atomic mass is 10.2. The zero-order valence-corrected chi connectivity index (χ0v) is 22.3. The lowest BCUT2D eigenvalue weighted by Crippen LogP contribution is -2.43. The number of nitrogens with one attached hydrogen (secondary N) is 2. The summed E-state index contributed by atoms with van der Waals surface area (Å²) in [5.74, 6) is 2.39. The fraction of sp³-hybridized carbons (Fsp3) is 0.393. The van der Waals surface area contributed by atoms with Crippen LogP contribution in [0.1, 0.15) is 12.8 Å². The van der Waals surface area contributed by atoms with Gasteiger partial charge in [0.15, 0.2) is 11.5 Å². The van der Waals surface area contributed by atoms with E-state index in [9.17, 15) is 4.79 Å². The number of amides is 2. The molecule has 3 aliphatic rings. The van der Waals surface area contributed by atoms with E-state index >= 15 is 0 Å². The number of carbonyl (C=O) groups is 1. The minimum absolute atomic E-state index is 0.249. The lowest BCUT2D eigenvalue weighted by Gasteiger charge is -2.33. The molecule has 2 N–H and O–H groups in total. The number of pyridine rings is 1. The molecule has 3 fully saturated rings. The van der Waals surface area contributed by atoms with Crippen molar-refractivity contribution in [3.05, 3.63) is 48.8 Å². The van der Waals surface area contributed by atoms with Gasteiger partial charge in [-0.15, -0.1) is 0 Å². The van der Waals surface area contributed by atoms with E-state index in [0.29, 0.717) is 30.4 Å².